The lowest BCUT2D eigenvalue weighted by atomic mass is 9.79. The number of benzene rings is 2. The third-order valence-electron chi connectivity index (χ3n) is 6.45. The molecule has 1 aliphatic carbocycles. The van der Waals surface area contributed by atoms with Crippen molar-refractivity contribution in [3.05, 3.63) is 70.8 Å². The molecular weight excluding hydrogens is 454 g/mol. The van der Waals surface area contributed by atoms with E-state index >= 15 is 17.6 Å². The zero-order valence-electron chi connectivity index (χ0n) is 16.5. The van der Waals surface area contributed by atoms with E-state index in [1.807, 2.05) is 0 Å². The normalized spacial score (nSPS) is 32.3. The van der Waals surface area contributed by atoms with Gasteiger partial charge >= 0.3 is 17.8 Å². The molecule has 0 saturated heterocycles. The molecule has 5 rings (SSSR count). The van der Waals surface area contributed by atoms with Gasteiger partial charge in [0.2, 0.25) is 0 Å². The van der Waals surface area contributed by atoms with Crippen molar-refractivity contribution >= 4 is 23.5 Å². The summed E-state index contributed by atoms with van der Waals surface area (Å²) >= 11 is 2.51. The highest BCUT2D eigenvalue weighted by Crippen LogP contribution is 2.69. The topological polar surface area (TPSA) is 0 Å². The van der Waals surface area contributed by atoms with E-state index in [9.17, 15) is 8.78 Å². The lowest BCUT2D eigenvalue weighted by Gasteiger charge is -2.28. The largest absolute Gasteiger partial charge is 0.380 e. The van der Waals surface area contributed by atoms with Gasteiger partial charge in [-0.2, -0.15) is 26.3 Å². The zero-order chi connectivity index (χ0) is 22.3. The number of thioether (sulfide) groups is 2. The lowest BCUT2D eigenvalue weighted by Crippen LogP contribution is -2.50. The average molecular weight is 473 g/mol. The Morgan fingerprint density at radius 3 is 1.35 bits per heavy atom. The molecule has 164 valence electrons. The van der Waals surface area contributed by atoms with E-state index in [-0.39, 0.29) is 0 Å². The first-order valence-electron chi connectivity index (χ1n) is 9.89. The van der Waals surface area contributed by atoms with Crippen LogP contribution in [0.25, 0.3) is 0 Å². The van der Waals surface area contributed by atoms with Gasteiger partial charge in [0, 0.05) is 43.3 Å². The Labute approximate surface area is 184 Å². The van der Waals surface area contributed by atoms with Gasteiger partial charge in [-0.25, -0.2) is 0 Å². The smallest absolute Gasteiger partial charge is 0.194 e. The van der Waals surface area contributed by atoms with Crippen LogP contribution in [-0.4, -0.2) is 28.3 Å². The van der Waals surface area contributed by atoms with Crippen molar-refractivity contribution in [3.8, 4) is 0 Å². The molecule has 4 atom stereocenters. The molecule has 2 aromatic rings. The highest BCUT2D eigenvalue weighted by atomic mass is 32.2. The molecule has 2 aliphatic heterocycles. The molecule has 0 aromatic heterocycles. The first-order chi connectivity index (χ1) is 14.5. The van der Waals surface area contributed by atoms with E-state index in [0.29, 0.717) is 20.9 Å². The number of alkyl halides is 6. The summed E-state index contributed by atoms with van der Waals surface area (Å²) in [4.78, 5) is 1.32. The second-order valence-corrected chi connectivity index (χ2v) is 11.1. The predicted molar refractivity (Wildman–Crippen MR) is 111 cm³/mol. The fourth-order valence-electron chi connectivity index (χ4n) is 5.11. The van der Waals surface area contributed by atoms with E-state index in [4.69, 9.17) is 0 Å². The summed E-state index contributed by atoms with van der Waals surface area (Å²) in [6, 6.07) is 13.3. The maximum atomic E-state index is 15.3. The number of rotatable bonds is 2. The van der Waals surface area contributed by atoms with Crippen molar-refractivity contribution < 1.29 is 26.3 Å². The maximum Gasteiger partial charge on any atom is 0.380 e. The van der Waals surface area contributed by atoms with Gasteiger partial charge < -0.3 is 0 Å². The van der Waals surface area contributed by atoms with Crippen molar-refractivity contribution in [2.24, 2.45) is 0 Å². The summed E-state index contributed by atoms with van der Waals surface area (Å²) in [5.74, 6) is -17.8. The van der Waals surface area contributed by atoms with E-state index in [1.54, 1.807) is 62.4 Å². The van der Waals surface area contributed by atoms with Crippen LogP contribution in [0.3, 0.4) is 0 Å². The highest BCUT2D eigenvalue weighted by Gasteiger charge is 2.81. The molecule has 8 heteroatoms. The first-order valence-corrected chi connectivity index (χ1v) is 11.7. The van der Waals surface area contributed by atoms with Crippen molar-refractivity contribution in [2.75, 3.05) is 0 Å². The summed E-state index contributed by atoms with van der Waals surface area (Å²) < 4.78 is 90.7. The number of halogens is 6. The number of fused-ring (bicyclic) bond motifs is 2. The third kappa shape index (κ3) is 2.67. The van der Waals surface area contributed by atoms with Crippen molar-refractivity contribution in [1.82, 2.24) is 0 Å². The van der Waals surface area contributed by atoms with Crippen molar-refractivity contribution in [2.45, 2.75) is 63.7 Å². The van der Waals surface area contributed by atoms with Gasteiger partial charge in [0.15, 0.2) is 0 Å². The summed E-state index contributed by atoms with van der Waals surface area (Å²) in [7, 11) is 0. The van der Waals surface area contributed by atoms with E-state index < -0.39 is 51.2 Å². The van der Waals surface area contributed by atoms with Crippen molar-refractivity contribution in [3.63, 3.8) is 0 Å². The SMILES string of the molecule is CC1Sc2ccccc2C1C1=C(C2c3ccccc3SC2C)C(F)(F)C(F)(F)C1(F)F. The van der Waals surface area contributed by atoms with Gasteiger partial charge in [0.1, 0.15) is 0 Å². The molecule has 0 amide bonds. The molecule has 2 heterocycles. The summed E-state index contributed by atoms with van der Waals surface area (Å²) in [6.07, 6.45) is 0. The Morgan fingerprint density at radius 2 is 0.968 bits per heavy atom. The van der Waals surface area contributed by atoms with Gasteiger partial charge in [0.05, 0.1) is 0 Å². The maximum absolute atomic E-state index is 15.3. The van der Waals surface area contributed by atoms with Crippen LogP contribution in [0.15, 0.2) is 69.5 Å². The van der Waals surface area contributed by atoms with Crippen LogP contribution in [0.1, 0.15) is 36.8 Å². The van der Waals surface area contributed by atoms with Crippen LogP contribution in [-0.2, 0) is 0 Å². The third-order valence-corrected chi connectivity index (χ3v) is 8.99. The Kier molecular flexibility index (Phi) is 4.63. The van der Waals surface area contributed by atoms with Gasteiger partial charge in [-0.05, 0) is 23.3 Å². The number of allylic oxidation sites excluding steroid dienone is 2. The van der Waals surface area contributed by atoms with Crippen LogP contribution in [0.5, 0.6) is 0 Å². The molecule has 0 nitrogen and oxygen atoms in total. The first kappa shape index (κ1) is 21.3. The van der Waals surface area contributed by atoms with E-state index in [2.05, 4.69) is 0 Å². The number of hydrogen-bond donors (Lipinski definition) is 0. The minimum atomic E-state index is -5.49. The van der Waals surface area contributed by atoms with E-state index in [1.165, 1.54) is 23.5 Å². The molecule has 0 bridgehead atoms. The Bertz CT molecular complexity index is 1010. The van der Waals surface area contributed by atoms with Crippen molar-refractivity contribution in [1.29, 1.82) is 0 Å². The predicted octanol–water partition coefficient (Wildman–Crippen LogP) is 7.76. The van der Waals surface area contributed by atoms with Gasteiger partial charge in [-0.15, -0.1) is 23.5 Å². The van der Waals surface area contributed by atoms with Gasteiger partial charge in [-0.3, -0.25) is 0 Å². The summed E-state index contributed by atoms with van der Waals surface area (Å²) in [5.41, 5.74) is -1.37. The Morgan fingerprint density at radius 1 is 0.613 bits per heavy atom. The molecule has 2 aromatic carbocycles. The molecule has 0 N–H and O–H groups in total. The fraction of sp³-hybridized carbons (Fsp3) is 0.391. The van der Waals surface area contributed by atoms with Crippen LogP contribution < -0.4 is 0 Å². The molecule has 4 unspecified atom stereocenters. The molecule has 0 spiro atoms. The summed E-state index contributed by atoms with van der Waals surface area (Å²) in [5, 5.41) is -1.14. The average Bonchev–Trinajstić information content (AvgIpc) is 3.23. The molecule has 0 fully saturated rings. The minimum absolute atomic E-state index is 0.410. The Balaban J connectivity index is 1.82. The highest BCUT2D eigenvalue weighted by molar-refractivity contribution is 8.00. The second-order valence-electron chi connectivity index (χ2n) is 8.23. The quantitative estimate of drug-likeness (QED) is 0.324. The van der Waals surface area contributed by atoms with Crippen LogP contribution >= 0.6 is 23.5 Å². The standard InChI is InChI=1S/C23H18F6S2/c1-11-17(13-7-3-5-9-15(13)30-11)19-20(22(26,27)23(28,29)21(19,24)25)18-12(2)31-16-10-6-4-8-14(16)18/h3-12,17-18H,1-2H3. The lowest BCUT2D eigenvalue weighted by molar-refractivity contribution is -0.266. The van der Waals surface area contributed by atoms with Gasteiger partial charge in [-0.1, -0.05) is 50.2 Å². The molecule has 0 radical (unpaired) electrons. The zero-order valence-corrected chi connectivity index (χ0v) is 18.1. The molecule has 0 saturated carbocycles. The Hall–Kier alpha value is -1.54. The summed E-state index contributed by atoms with van der Waals surface area (Å²) in [6.45, 7) is 3.26. The minimum Gasteiger partial charge on any atom is -0.194 e. The fourth-order valence-corrected chi connectivity index (χ4v) is 7.73. The van der Waals surface area contributed by atoms with E-state index in [0.717, 1.165) is 0 Å². The molecular formula is C23H18F6S2. The monoisotopic (exact) mass is 472 g/mol. The van der Waals surface area contributed by atoms with Crippen LogP contribution in [0.2, 0.25) is 0 Å². The second kappa shape index (κ2) is 6.73. The molecule has 31 heavy (non-hydrogen) atoms. The van der Waals surface area contributed by atoms with Crippen LogP contribution in [0, 0.1) is 0 Å². The number of hydrogen-bond acceptors (Lipinski definition) is 2. The van der Waals surface area contributed by atoms with Gasteiger partial charge in [0.25, 0.3) is 0 Å². The molecule has 3 aliphatic rings. The van der Waals surface area contributed by atoms with Crippen LogP contribution in [0.4, 0.5) is 26.3 Å².